The fourth-order valence-electron chi connectivity index (χ4n) is 0.845. The quantitative estimate of drug-likeness (QED) is 0.705. The van der Waals surface area contributed by atoms with Crippen molar-refractivity contribution in [1.82, 2.24) is 4.98 Å². The zero-order valence-electron chi connectivity index (χ0n) is 6.45. The third-order valence-electron chi connectivity index (χ3n) is 1.55. The van der Waals surface area contributed by atoms with Crippen molar-refractivity contribution in [2.75, 3.05) is 6.61 Å². The Kier molecular flexibility index (Phi) is 2.59. The van der Waals surface area contributed by atoms with Gasteiger partial charge in [-0.3, -0.25) is 0 Å². The Morgan fingerprint density at radius 1 is 1.82 bits per heavy atom. The van der Waals surface area contributed by atoms with Crippen LogP contribution in [-0.2, 0) is 5.54 Å². The van der Waals surface area contributed by atoms with E-state index in [4.69, 9.17) is 10.8 Å². The molecule has 0 fully saturated rings. The molecule has 1 atom stereocenters. The van der Waals surface area contributed by atoms with Crippen LogP contribution in [0, 0.1) is 0 Å². The summed E-state index contributed by atoms with van der Waals surface area (Å²) >= 11 is 1.52. The lowest BCUT2D eigenvalue weighted by atomic mass is 10.0. The highest BCUT2D eigenvalue weighted by Crippen LogP contribution is 2.22. The minimum absolute atomic E-state index is 0.104. The number of hydrogen-bond acceptors (Lipinski definition) is 4. The maximum Gasteiger partial charge on any atom is 0.112 e. The zero-order chi connectivity index (χ0) is 8.32. The maximum atomic E-state index is 8.70. The minimum Gasteiger partial charge on any atom is -0.396 e. The molecule has 0 radical (unpaired) electrons. The van der Waals surface area contributed by atoms with E-state index in [1.807, 2.05) is 12.3 Å². The van der Waals surface area contributed by atoms with Crippen LogP contribution >= 0.6 is 11.3 Å². The van der Waals surface area contributed by atoms with Crippen LogP contribution in [0.5, 0.6) is 0 Å². The monoisotopic (exact) mass is 172 g/mol. The number of nitrogens with two attached hydrogens (primary N) is 1. The van der Waals surface area contributed by atoms with E-state index < -0.39 is 5.54 Å². The van der Waals surface area contributed by atoms with Gasteiger partial charge in [0.15, 0.2) is 0 Å². The molecule has 0 aliphatic rings. The predicted octanol–water partition coefficient (Wildman–Crippen LogP) is 0.699. The molecule has 1 aromatic rings. The summed E-state index contributed by atoms with van der Waals surface area (Å²) in [5.74, 6) is 0. The number of rotatable bonds is 3. The summed E-state index contributed by atoms with van der Waals surface area (Å²) in [5.41, 5.74) is 5.41. The number of aliphatic hydroxyl groups excluding tert-OH is 1. The molecular weight excluding hydrogens is 160 g/mol. The lowest BCUT2D eigenvalue weighted by molar-refractivity contribution is 0.247. The van der Waals surface area contributed by atoms with E-state index in [1.54, 1.807) is 6.20 Å². The molecule has 0 saturated heterocycles. The lowest BCUT2D eigenvalue weighted by Gasteiger charge is -2.19. The predicted molar refractivity (Wildman–Crippen MR) is 45.4 cm³/mol. The average molecular weight is 172 g/mol. The Labute approximate surface area is 69.9 Å². The van der Waals surface area contributed by atoms with Crippen molar-refractivity contribution in [1.29, 1.82) is 0 Å². The van der Waals surface area contributed by atoms with Crippen LogP contribution < -0.4 is 5.73 Å². The Morgan fingerprint density at radius 3 is 3.00 bits per heavy atom. The second-order valence-electron chi connectivity index (χ2n) is 2.73. The third kappa shape index (κ3) is 1.99. The van der Waals surface area contributed by atoms with E-state index in [9.17, 15) is 0 Å². The van der Waals surface area contributed by atoms with E-state index in [0.29, 0.717) is 6.42 Å². The van der Waals surface area contributed by atoms with Crippen molar-refractivity contribution in [2.45, 2.75) is 18.9 Å². The van der Waals surface area contributed by atoms with Gasteiger partial charge in [0.05, 0.1) is 5.54 Å². The normalized spacial score (nSPS) is 16.3. The first kappa shape index (κ1) is 8.64. The summed E-state index contributed by atoms with van der Waals surface area (Å²) in [4.78, 5) is 4.09. The topological polar surface area (TPSA) is 59.1 Å². The summed E-state index contributed by atoms with van der Waals surface area (Å²) < 4.78 is 0. The van der Waals surface area contributed by atoms with Gasteiger partial charge in [0, 0.05) is 18.2 Å². The van der Waals surface area contributed by atoms with Gasteiger partial charge >= 0.3 is 0 Å². The SMILES string of the molecule is CC(N)(CCO)c1nccs1. The molecule has 3 nitrogen and oxygen atoms in total. The summed E-state index contributed by atoms with van der Waals surface area (Å²) in [5, 5.41) is 11.5. The largest absolute Gasteiger partial charge is 0.396 e. The standard InChI is InChI=1S/C7H12N2OS/c1-7(8,2-4-10)6-9-3-5-11-6/h3,5,10H,2,4,8H2,1H3. The number of nitrogens with zero attached hydrogens (tertiary/aromatic N) is 1. The number of aromatic nitrogens is 1. The molecular formula is C7H12N2OS. The second-order valence-corrected chi connectivity index (χ2v) is 3.62. The number of aliphatic hydroxyl groups is 1. The van der Waals surface area contributed by atoms with Gasteiger partial charge in [-0.1, -0.05) is 0 Å². The van der Waals surface area contributed by atoms with Gasteiger partial charge in [0.2, 0.25) is 0 Å². The lowest BCUT2D eigenvalue weighted by Crippen LogP contribution is -2.33. The van der Waals surface area contributed by atoms with E-state index >= 15 is 0 Å². The van der Waals surface area contributed by atoms with Crippen molar-refractivity contribution in [3.05, 3.63) is 16.6 Å². The van der Waals surface area contributed by atoms with E-state index in [-0.39, 0.29) is 6.61 Å². The third-order valence-corrected chi connectivity index (χ3v) is 2.60. The van der Waals surface area contributed by atoms with E-state index in [2.05, 4.69) is 4.98 Å². The van der Waals surface area contributed by atoms with Gasteiger partial charge in [-0.2, -0.15) is 0 Å². The van der Waals surface area contributed by atoms with Crippen LogP contribution in [0.2, 0.25) is 0 Å². The molecule has 1 aromatic heterocycles. The first-order valence-electron chi connectivity index (χ1n) is 3.46. The molecule has 0 aliphatic carbocycles. The molecule has 0 aliphatic heterocycles. The van der Waals surface area contributed by atoms with E-state index in [1.165, 1.54) is 11.3 Å². The molecule has 3 N–H and O–H groups in total. The molecule has 11 heavy (non-hydrogen) atoms. The van der Waals surface area contributed by atoms with Gasteiger partial charge in [-0.05, 0) is 13.3 Å². The second kappa shape index (κ2) is 3.30. The molecule has 1 heterocycles. The van der Waals surface area contributed by atoms with Crippen molar-refractivity contribution in [2.24, 2.45) is 5.73 Å². The van der Waals surface area contributed by atoms with Crippen molar-refractivity contribution in [3.8, 4) is 0 Å². The van der Waals surface area contributed by atoms with Gasteiger partial charge in [0.25, 0.3) is 0 Å². The fourth-order valence-corrected chi connectivity index (χ4v) is 1.59. The van der Waals surface area contributed by atoms with Gasteiger partial charge < -0.3 is 10.8 Å². The smallest absolute Gasteiger partial charge is 0.112 e. The van der Waals surface area contributed by atoms with Gasteiger partial charge in [-0.25, -0.2) is 4.98 Å². The van der Waals surface area contributed by atoms with Crippen molar-refractivity contribution in [3.63, 3.8) is 0 Å². The molecule has 0 spiro atoms. The van der Waals surface area contributed by atoms with E-state index in [0.717, 1.165) is 5.01 Å². The van der Waals surface area contributed by atoms with Crippen LogP contribution in [0.15, 0.2) is 11.6 Å². The zero-order valence-corrected chi connectivity index (χ0v) is 7.27. The van der Waals surface area contributed by atoms with Crippen LogP contribution in [0.1, 0.15) is 18.4 Å². The summed E-state index contributed by atoms with van der Waals surface area (Å²) in [6, 6.07) is 0. The molecule has 1 unspecified atom stereocenters. The Balaban J connectivity index is 2.73. The van der Waals surface area contributed by atoms with Gasteiger partial charge in [-0.15, -0.1) is 11.3 Å². The number of hydrogen-bond donors (Lipinski definition) is 2. The number of thiazole rings is 1. The maximum absolute atomic E-state index is 8.70. The Hall–Kier alpha value is -0.450. The van der Waals surface area contributed by atoms with Gasteiger partial charge in [0.1, 0.15) is 5.01 Å². The molecule has 62 valence electrons. The van der Waals surface area contributed by atoms with Crippen LogP contribution in [-0.4, -0.2) is 16.7 Å². The molecule has 1 rings (SSSR count). The van der Waals surface area contributed by atoms with Crippen LogP contribution in [0.3, 0.4) is 0 Å². The summed E-state index contributed by atoms with van der Waals surface area (Å²) in [7, 11) is 0. The van der Waals surface area contributed by atoms with Crippen LogP contribution in [0.4, 0.5) is 0 Å². The highest BCUT2D eigenvalue weighted by molar-refractivity contribution is 7.09. The molecule has 0 bridgehead atoms. The highest BCUT2D eigenvalue weighted by atomic mass is 32.1. The molecule has 0 saturated carbocycles. The summed E-state index contributed by atoms with van der Waals surface area (Å²) in [6.45, 7) is 1.98. The Bertz CT molecular complexity index is 208. The molecule has 4 heteroatoms. The Morgan fingerprint density at radius 2 is 2.55 bits per heavy atom. The highest BCUT2D eigenvalue weighted by Gasteiger charge is 2.22. The fraction of sp³-hybridized carbons (Fsp3) is 0.571. The first-order chi connectivity index (χ1) is 5.17. The molecule has 0 aromatic carbocycles. The minimum atomic E-state index is -0.469. The first-order valence-corrected chi connectivity index (χ1v) is 4.34. The average Bonchev–Trinajstić information content (AvgIpc) is 2.37. The van der Waals surface area contributed by atoms with Crippen molar-refractivity contribution >= 4 is 11.3 Å². The van der Waals surface area contributed by atoms with Crippen LogP contribution in [0.25, 0.3) is 0 Å². The summed E-state index contributed by atoms with van der Waals surface area (Å²) in [6.07, 6.45) is 2.28. The molecule has 0 amide bonds. The van der Waals surface area contributed by atoms with Crippen molar-refractivity contribution < 1.29 is 5.11 Å².